The summed E-state index contributed by atoms with van der Waals surface area (Å²) in [5, 5.41) is 4.96. The van der Waals surface area contributed by atoms with Crippen molar-refractivity contribution >= 4 is 17.7 Å². The number of hydrogen-bond donors (Lipinski definition) is 2. The van der Waals surface area contributed by atoms with E-state index in [0.717, 1.165) is 5.56 Å². The van der Waals surface area contributed by atoms with Crippen molar-refractivity contribution in [2.24, 2.45) is 0 Å². The van der Waals surface area contributed by atoms with E-state index >= 15 is 0 Å². The minimum atomic E-state index is -0.700. The van der Waals surface area contributed by atoms with Crippen molar-refractivity contribution in [3.05, 3.63) is 35.9 Å². The minimum absolute atomic E-state index is 0.0260. The van der Waals surface area contributed by atoms with E-state index in [2.05, 4.69) is 10.6 Å². The molecule has 2 N–H and O–H groups in total. The highest BCUT2D eigenvalue weighted by molar-refractivity contribution is 6.35. The first kappa shape index (κ1) is 20.9. The highest BCUT2D eigenvalue weighted by atomic mass is 16.5. The van der Waals surface area contributed by atoms with Crippen LogP contribution in [0.2, 0.25) is 0 Å². The molecule has 0 saturated carbocycles. The van der Waals surface area contributed by atoms with Crippen LogP contribution in [0.25, 0.3) is 0 Å². The molecule has 1 aliphatic rings. The van der Waals surface area contributed by atoms with Crippen molar-refractivity contribution in [3.63, 3.8) is 0 Å². The Morgan fingerprint density at radius 2 is 1.85 bits per heavy atom. The maximum atomic E-state index is 12.4. The van der Waals surface area contributed by atoms with Crippen LogP contribution < -0.4 is 10.6 Å². The van der Waals surface area contributed by atoms with Crippen molar-refractivity contribution < 1.29 is 23.9 Å². The number of amides is 3. The standard InChI is InChI=1S/C19H27N3O5/c1-26-12-10-21-19(25)18(24)20-9-5-8-17(23)22-11-13-27-16(14-22)15-6-3-2-4-7-15/h2-4,6-7,16H,5,8-14H2,1H3,(H,20,24)(H,21,25). The predicted octanol–water partition coefficient (Wildman–Crippen LogP) is 0.246. The fraction of sp³-hybridized carbons (Fsp3) is 0.526. The lowest BCUT2D eigenvalue weighted by molar-refractivity contribution is -0.140. The van der Waals surface area contributed by atoms with Gasteiger partial charge in [0.05, 0.1) is 19.8 Å². The average Bonchev–Trinajstić information content (AvgIpc) is 2.71. The van der Waals surface area contributed by atoms with Crippen molar-refractivity contribution in [2.45, 2.75) is 18.9 Å². The first-order chi connectivity index (χ1) is 13.1. The molecule has 1 aliphatic heterocycles. The normalized spacial score (nSPS) is 16.6. The largest absolute Gasteiger partial charge is 0.383 e. The molecule has 0 spiro atoms. The Morgan fingerprint density at radius 1 is 1.15 bits per heavy atom. The second kappa shape index (κ2) is 11.3. The molecular weight excluding hydrogens is 350 g/mol. The van der Waals surface area contributed by atoms with Gasteiger partial charge in [-0.1, -0.05) is 30.3 Å². The maximum absolute atomic E-state index is 12.4. The molecule has 0 aliphatic carbocycles. The quantitative estimate of drug-likeness (QED) is 0.500. The Kier molecular flexibility index (Phi) is 8.73. The molecule has 148 valence electrons. The Labute approximate surface area is 159 Å². The number of nitrogens with zero attached hydrogens (tertiary/aromatic N) is 1. The Balaban J connectivity index is 1.66. The summed E-state index contributed by atoms with van der Waals surface area (Å²) in [7, 11) is 1.51. The molecule has 1 atom stereocenters. The van der Waals surface area contributed by atoms with Crippen molar-refractivity contribution in [1.29, 1.82) is 0 Å². The highest BCUT2D eigenvalue weighted by Gasteiger charge is 2.25. The molecule has 1 aromatic carbocycles. The number of nitrogens with one attached hydrogen (secondary N) is 2. The van der Waals surface area contributed by atoms with Crippen molar-refractivity contribution in [1.82, 2.24) is 15.5 Å². The fourth-order valence-corrected chi connectivity index (χ4v) is 2.77. The summed E-state index contributed by atoms with van der Waals surface area (Å²) in [6.45, 7) is 2.49. The van der Waals surface area contributed by atoms with Crippen LogP contribution >= 0.6 is 0 Å². The molecule has 1 saturated heterocycles. The zero-order chi connectivity index (χ0) is 19.5. The van der Waals surface area contributed by atoms with Gasteiger partial charge in [-0.3, -0.25) is 14.4 Å². The number of carbonyl (C=O) groups is 3. The number of rotatable bonds is 8. The van der Waals surface area contributed by atoms with Gasteiger partial charge in [-0.15, -0.1) is 0 Å². The second-order valence-corrected chi connectivity index (χ2v) is 6.22. The number of methoxy groups -OCH3 is 1. The summed E-state index contributed by atoms with van der Waals surface area (Å²) in [6, 6.07) is 9.83. The van der Waals surface area contributed by atoms with Gasteiger partial charge < -0.3 is 25.0 Å². The third-order valence-electron chi connectivity index (χ3n) is 4.24. The molecule has 8 heteroatoms. The van der Waals surface area contributed by atoms with E-state index in [1.807, 2.05) is 30.3 Å². The number of carbonyl (C=O) groups excluding carboxylic acids is 3. The van der Waals surface area contributed by atoms with Gasteiger partial charge in [0.1, 0.15) is 6.10 Å². The summed E-state index contributed by atoms with van der Waals surface area (Å²) in [4.78, 5) is 37.3. The lowest BCUT2D eigenvalue weighted by Gasteiger charge is -2.33. The third kappa shape index (κ3) is 6.99. The van der Waals surface area contributed by atoms with Crippen LogP contribution in [0.1, 0.15) is 24.5 Å². The highest BCUT2D eigenvalue weighted by Crippen LogP contribution is 2.22. The van der Waals surface area contributed by atoms with E-state index in [1.54, 1.807) is 4.90 Å². The van der Waals surface area contributed by atoms with Crippen LogP contribution in [0.5, 0.6) is 0 Å². The van der Waals surface area contributed by atoms with Gasteiger partial charge in [-0.2, -0.15) is 0 Å². The number of hydrogen-bond acceptors (Lipinski definition) is 5. The molecule has 1 heterocycles. The number of benzene rings is 1. The summed E-state index contributed by atoms with van der Waals surface area (Å²) in [6.07, 6.45) is 0.676. The first-order valence-electron chi connectivity index (χ1n) is 9.11. The number of ether oxygens (including phenoxy) is 2. The second-order valence-electron chi connectivity index (χ2n) is 6.22. The summed E-state index contributed by atoms with van der Waals surface area (Å²) in [5.41, 5.74) is 1.06. The minimum Gasteiger partial charge on any atom is -0.383 e. The average molecular weight is 377 g/mol. The van der Waals surface area contributed by atoms with Gasteiger partial charge in [0, 0.05) is 33.2 Å². The van der Waals surface area contributed by atoms with Crippen LogP contribution in [0.4, 0.5) is 0 Å². The van der Waals surface area contributed by atoms with Crippen LogP contribution in [-0.4, -0.2) is 69.1 Å². The van der Waals surface area contributed by atoms with Crippen molar-refractivity contribution in [3.8, 4) is 0 Å². The van der Waals surface area contributed by atoms with Gasteiger partial charge in [0.25, 0.3) is 0 Å². The molecule has 27 heavy (non-hydrogen) atoms. The molecule has 0 radical (unpaired) electrons. The molecule has 0 bridgehead atoms. The maximum Gasteiger partial charge on any atom is 0.309 e. The number of morpholine rings is 1. The fourth-order valence-electron chi connectivity index (χ4n) is 2.77. The van der Waals surface area contributed by atoms with Crippen LogP contribution in [0, 0.1) is 0 Å². The van der Waals surface area contributed by atoms with Gasteiger partial charge in [-0.05, 0) is 12.0 Å². The molecule has 3 amide bonds. The summed E-state index contributed by atoms with van der Waals surface area (Å²) >= 11 is 0. The first-order valence-corrected chi connectivity index (χ1v) is 9.11. The Hall–Kier alpha value is -2.45. The lowest BCUT2D eigenvalue weighted by atomic mass is 10.1. The zero-order valence-electron chi connectivity index (χ0n) is 15.6. The molecule has 0 aromatic heterocycles. The smallest absolute Gasteiger partial charge is 0.309 e. The van der Waals surface area contributed by atoms with E-state index < -0.39 is 11.8 Å². The molecule has 1 fully saturated rings. The SMILES string of the molecule is COCCNC(=O)C(=O)NCCCC(=O)N1CCOC(c2ccccc2)C1. The molecular formula is C19H27N3O5. The van der Waals surface area contributed by atoms with Crippen LogP contribution in [-0.2, 0) is 23.9 Å². The third-order valence-corrected chi connectivity index (χ3v) is 4.24. The van der Waals surface area contributed by atoms with E-state index in [9.17, 15) is 14.4 Å². The monoisotopic (exact) mass is 377 g/mol. The zero-order valence-corrected chi connectivity index (χ0v) is 15.6. The topological polar surface area (TPSA) is 97.0 Å². The van der Waals surface area contributed by atoms with E-state index in [-0.39, 0.29) is 25.1 Å². The van der Waals surface area contributed by atoms with Crippen molar-refractivity contribution in [2.75, 3.05) is 46.5 Å². The molecule has 1 aromatic rings. The molecule has 2 rings (SSSR count). The van der Waals surface area contributed by atoms with Crippen LogP contribution in [0.3, 0.4) is 0 Å². The van der Waals surface area contributed by atoms with Gasteiger partial charge in [-0.25, -0.2) is 0 Å². The van der Waals surface area contributed by atoms with E-state index in [1.165, 1.54) is 7.11 Å². The molecule has 8 nitrogen and oxygen atoms in total. The Bertz CT molecular complexity index is 623. The van der Waals surface area contributed by atoms with E-state index in [0.29, 0.717) is 39.1 Å². The summed E-state index contributed by atoms with van der Waals surface area (Å²) in [5.74, 6) is -1.37. The van der Waals surface area contributed by atoms with E-state index in [4.69, 9.17) is 9.47 Å². The summed E-state index contributed by atoms with van der Waals surface area (Å²) < 4.78 is 10.6. The van der Waals surface area contributed by atoms with Gasteiger partial charge in [0.2, 0.25) is 5.91 Å². The Morgan fingerprint density at radius 3 is 2.56 bits per heavy atom. The van der Waals surface area contributed by atoms with Gasteiger partial charge >= 0.3 is 11.8 Å². The lowest BCUT2D eigenvalue weighted by Crippen LogP contribution is -2.43. The predicted molar refractivity (Wildman–Crippen MR) is 98.8 cm³/mol. The molecule has 1 unspecified atom stereocenters. The van der Waals surface area contributed by atoms with Gasteiger partial charge in [0.15, 0.2) is 0 Å². The van der Waals surface area contributed by atoms with Crippen LogP contribution in [0.15, 0.2) is 30.3 Å².